The van der Waals surface area contributed by atoms with E-state index >= 15 is 0 Å². The van der Waals surface area contributed by atoms with Gasteiger partial charge in [-0.3, -0.25) is 4.79 Å². The first-order valence-corrected chi connectivity index (χ1v) is 10.6. The molecule has 1 aliphatic rings. The van der Waals surface area contributed by atoms with E-state index in [1.54, 1.807) is 13.1 Å². The molecular weight excluding hydrogens is 399 g/mol. The van der Waals surface area contributed by atoms with Crippen LogP contribution in [0.15, 0.2) is 18.2 Å². The maximum atomic E-state index is 12.4. The van der Waals surface area contributed by atoms with Crippen molar-refractivity contribution in [3.63, 3.8) is 0 Å². The van der Waals surface area contributed by atoms with Crippen molar-refractivity contribution in [2.45, 2.75) is 19.4 Å². The molecule has 26 heavy (non-hydrogen) atoms. The number of carbonyl (C=O) groups is 1. The summed E-state index contributed by atoms with van der Waals surface area (Å²) in [5.74, 6) is 0.0580. The van der Waals surface area contributed by atoms with Crippen LogP contribution in [0.25, 0.3) is 10.9 Å². The quantitative estimate of drug-likeness (QED) is 0.765. The second kappa shape index (κ2) is 7.21. The van der Waals surface area contributed by atoms with Crippen molar-refractivity contribution >= 4 is 49.8 Å². The van der Waals surface area contributed by atoms with Crippen LogP contribution in [0, 0.1) is 6.92 Å². The second-order valence-electron chi connectivity index (χ2n) is 6.37. The number of likely N-dealkylation sites (N-methyl/N-ethyl adjacent to an activating group) is 1. The Morgan fingerprint density at radius 1 is 1.35 bits per heavy atom. The Morgan fingerprint density at radius 2 is 2.08 bits per heavy atom. The summed E-state index contributed by atoms with van der Waals surface area (Å²) in [6.45, 7) is 1.57. The molecule has 3 rings (SSSR count). The fourth-order valence-corrected chi connectivity index (χ4v) is 5.29. The minimum Gasteiger partial charge on any atom is -0.480 e. The number of carbonyl (C=O) groups excluding carboxylic acids is 1. The predicted octanol–water partition coefficient (Wildman–Crippen LogP) is 2.87. The van der Waals surface area contributed by atoms with E-state index in [0.29, 0.717) is 22.3 Å². The van der Waals surface area contributed by atoms with Gasteiger partial charge in [-0.15, -0.1) is 0 Å². The smallest absolute Gasteiger partial charge is 0.260 e. The topological polar surface area (TPSA) is 76.6 Å². The molecule has 0 bridgehead atoms. The number of fused-ring (bicyclic) bond motifs is 1. The Labute approximate surface area is 162 Å². The summed E-state index contributed by atoms with van der Waals surface area (Å²) in [6.07, 6.45) is 0.440. The maximum Gasteiger partial charge on any atom is 0.260 e. The number of nitrogens with zero attached hydrogens (tertiary/aromatic N) is 2. The second-order valence-corrected chi connectivity index (χ2v) is 9.41. The van der Waals surface area contributed by atoms with E-state index in [9.17, 15) is 13.2 Å². The molecule has 0 unspecified atom stereocenters. The fraction of sp³-hybridized carbons (Fsp3) is 0.412. The third-order valence-corrected chi connectivity index (χ3v) is 6.81. The Bertz CT molecular complexity index is 978. The fourth-order valence-electron chi connectivity index (χ4n) is 2.95. The van der Waals surface area contributed by atoms with Gasteiger partial charge in [0.05, 0.1) is 21.6 Å². The highest BCUT2D eigenvalue weighted by molar-refractivity contribution is 7.91. The average molecular weight is 417 g/mol. The molecule has 0 spiro atoms. The number of sulfone groups is 1. The lowest BCUT2D eigenvalue weighted by Crippen LogP contribution is -2.40. The van der Waals surface area contributed by atoms with Gasteiger partial charge in [0.1, 0.15) is 5.52 Å². The number of aryl methyl sites for hydroxylation is 1. The number of halogens is 2. The molecule has 1 amide bonds. The van der Waals surface area contributed by atoms with Crippen molar-refractivity contribution in [2.75, 3.05) is 25.2 Å². The van der Waals surface area contributed by atoms with Crippen LogP contribution in [0.5, 0.6) is 5.75 Å². The summed E-state index contributed by atoms with van der Waals surface area (Å²) < 4.78 is 28.9. The van der Waals surface area contributed by atoms with Crippen molar-refractivity contribution in [1.82, 2.24) is 9.88 Å². The first kappa shape index (κ1) is 19.2. The molecule has 2 aromatic rings. The monoisotopic (exact) mass is 416 g/mol. The third kappa shape index (κ3) is 3.89. The normalized spacial score (nSPS) is 18.8. The average Bonchev–Trinajstić information content (AvgIpc) is 2.93. The number of pyridine rings is 1. The van der Waals surface area contributed by atoms with Gasteiger partial charge >= 0.3 is 0 Å². The highest BCUT2D eigenvalue weighted by atomic mass is 35.5. The molecule has 140 valence electrons. The van der Waals surface area contributed by atoms with Gasteiger partial charge in [-0.1, -0.05) is 23.2 Å². The number of hydrogen-bond donors (Lipinski definition) is 0. The van der Waals surface area contributed by atoms with Crippen LogP contribution in [-0.2, 0) is 14.6 Å². The first-order valence-electron chi connectivity index (χ1n) is 8.02. The molecular formula is C17H18Cl2N2O4S. The van der Waals surface area contributed by atoms with Crippen molar-refractivity contribution in [3.8, 4) is 5.75 Å². The Hall–Kier alpha value is -1.57. The molecule has 0 saturated carbocycles. The number of aromatic nitrogens is 1. The largest absolute Gasteiger partial charge is 0.480 e. The standard InChI is InChI=1S/C17H18Cl2N2O4S/c1-10-3-4-12-13(18)7-14(19)17(16(12)20-10)25-8-15(22)21(2)11-5-6-26(23,24)9-11/h3-4,7,11H,5-6,8-9H2,1-2H3/t11-/m0/s1. The summed E-state index contributed by atoms with van der Waals surface area (Å²) in [7, 11) is -1.48. The van der Waals surface area contributed by atoms with Crippen molar-refractivity contribution < 1.29 is 17.9 Å². The number of hydrogen-bond acceptors (Lipinski definition) is 5. The minimum atomic E-state index is -3.07. The van der Waals surface area contributed by atoms with E-state index in [1.807, 2.05) is 19.1 Å². The first-order chi connectivity index (χ1) is 12.2. The van der Waals surface area contributed by atoms with E-state index in [-0.39, 0.29) is 40.8 Å². The van der Waals surface area contributed by atoms with Crippen molar-refractivity contribution in [2.24, 2.45) is 0 Å². The van der Waals surface area contributed by atoms with E-state index in [4.69, 9.17) is 27.9 Å². The van der Waals surface area contributed by atoms with Gasteiger partial charge in [-0.2, -0.15) is 0 Å². The van der Waals surface area contributed by atoms with Gasteiger partial charge in [0.15, 0.2) is 22.2 Å². The Kier molecular flexibility index (Phi) is 5.33. The molecule has 1 atom stereocenters. The minimum absolute atomic E-state index is 0.0133. The van der Waals surface area contributed by atoms with Crippen LogP contribution in [0.3, 0.4) is 0 Å². The van der Waals surface area contributed by atoms with Crippen LogP contribution in [0.1, 0.15) is 12.1 Å². The molecule has 1 aliphatic heterocycles. The highest BCUT2D eigenvalue weighted by Crippen LogP contribution is 2.37. The molecule has 1 fully saturated rings. The van der Waals surface area contributed by atoms with Crippen LogP contribution >= 0.6 is 23.2 Å². The number of rotatable bonds is 4. The van der Waals surface area contributed by atoms with E-state index in [1.165, 1.54) is 4.90 Å². The summed E-state index contributed by atoms with van der Waals surface area (Å²) in [6, 6.07) is 4.87. The van der Waals surface area contributed by atoms with Gasteiger partial charge in [-0.05, 0) is 31.5 Å². The van der Waals surface area contributed by atoms with Crippen LogP contribution in [-0.4, -0.2) is 55.4 Å². The summed E-state index contributed by atoms with van der Waals surface area (Å²) in [5, 5.41) is 1.39. The maximum absolute atomic E-state index is 12.4. The molecule has 6 nitrogen and oxygen atoms in total. The van der Waals surface area contributed by atoms with Crippen molar-refractivity contribution in [1.29, 1.82) is 0 Å². The lowest BCUT2D eigenvalue weighted by atomic mass is 10.2. The molecule has 0 radical (unpaired) electrons. The third-order valence-electron chi connectivity index (χ3n) is 4.47. The summed E-state index contributed by atoms with van der Waals surface area (Å²) >= 11 is 12.4. The van der Waals surface area contributed by atoms with Gasteiger partial charge in [0, 0.05) is 24.2 Å². The zero-order chi connectivity index (χ0) is 19.1. The van der Waals surface area contributed by atoms with Crippen molar-refractivity contribution in [3.05, 3.63) is 33.9 Å². The summed E-state index contributed by atoms with van der Waals surface area (Å²) in [5.41, 5.74) is 1.25. The Balaban J connectivity index is 1.79. The Morgan fingerprint density at radius 3 is 2.73 bits per heavy atom. The zero-order valence-electron chi connectivity index (χ0n) is 14.3. The lowest BCUT2D eigenvalue weighted by molar-refractivity contribution is -0.133. The molecule has 9 heteroatoms. The van der Waals surface area contributed by atoms with E-state index in [0.717, 1.165) is 5.69 Å². The molecule has 0 aliphatic carbocycles. The SMILES string of the molecule is Cc1ccc2c(Cl)cc(Cl)c(OCC(=O)N(C)[C@H]3CCS(=O)(=O)C3)c2n1. The van der Waals surface area contributed by atoms with Crippen LogP contribution < -0.4 is 4.74 Å². The van der Waals surface area contributed by atoms with Gasteiger partial charge in [0.25, 0.3) is 5.91 Å². The van der Waals surface area contributed by atoms with E-state index in [2.05, 4.69) is 4.98 Å². The molecule has 2 heterocycles. The highest BCUT2D eigenvalue weighted by Gasteiger charge is 2.32. The lowest BCUT2D eigenvalue weighted by Gasteiger charge is -2.23. The molecule has 1 aromatic heterocycles. The van der Waals surface area contributed by atoms with E-state index < -0.39 is 9.84 Å². The number of ether oxygens (including phenoxy) is 1. The molecule has 0 N–H and O–H groups in total. The summed E-state index contributed by atoms with van der Waals surface area (Å²) in [4.78, 5) is 18.3. The van der Waals surface area contributed by atoms with Gasteiger partial charge in [-0.25, -0.2) is 13.4 Å². The van der Waals surface area contributed by atoms with Crippen LogP contribution in [0.4, 0.5) is 0 Å². The number of benzene rings is 1. The molecule has 1 saturated heterocycles. The predicted molar refractivity (Wildman–Crippen MR) is 102 cm³/mol. The van der Waals surface area contributed by atoms with Gasteiger partial charge in [0.2, 0.25) is 0 Å². The van der Waals surface area contributed by atoms with Crippen LogP contribution in [0.2, 0.25) is 10.0 Å². The zero-order valence-corrected chi connectivity index (χ0v) is 16.7. The molecule has 1 aromatic carbocycles. The van der Waals surface area contributed by atoms with Gasteiger partial charge < -0.3 is 9.64 Å². The number of amides is 1.